The van der Waals surface area contributed by atoms with Crippen molar-refractivity contribution in [2.24, 2.45) is 0 Å². The highest BCUT2D eigenvalue weighted by Crippen LogP contribution is 2.27. The Labute approximate surface area is 164 Å². The zero-order valence-electron chi connectivity index (χ0n) is 14.4. The van der Waals surface area contributed by atoms with Gasteiger partial charge in [-0.3, -0.25) is 0 Å². The fourth-order valence-electron chi connectivity index (χ4n) is 2.70. The van der Waals surface area contributed by atoms with E-state index in [-0.39, 0.29) is 0 Å². The van der Waals surface area contributed by atoms with Crippen LogP contribution in [0.2, 0.25) is 0 Å². The zero-order valence-corrected chi connectivity index (χ0v) is 16.8. The van der Waals surface area contributed by atoms with E-state index in [9.17, 15) is 0 Å². The van der Waals surface area contributed by atoms with Gasteiger partial charge in [-0.1, -0.05) is 38.8 Å². The van der Waals surface area contributed by atoms with Crippen molar-refractivity contribution in [3.8, 4) is 22.6 Å². The van der Waals surface area contributed by atoms with E-state index in [1.807, 2.05) is 24.3 Å². The minimum absolute atomic E-state index is 0.541. The predicted molar refractivity (Wildman–Crippen MR) is 107 cm³/mol. The summed E-state index contributed by atoms with van der Waals surface area (Å²) in [6, 6.07) is 14.3. The minimum Gasteiger partial charge on any atom is -0.339 e. The summed E-state index contributed by atoms with van der Waals surface area (Å²) in [5.74, 6) is 1.17. The Morgan fingerprint density at radius 2 is 1.85 bits per heavy atom. The van der Waals surface area contributed by atoms with Gasteiger partial charge in [0, 0.05) is 21.0 Å². The summed E-state index contributed by atoms with van der Waals surface area (Å²) in [6.07, 6.45) is 0.541. The van der Waals surface area contributed by atoms with Crippen molar-refractivity contribution in [2.75, 3.05) is 0 Å². The maximum atomic E-state index is 5.40. The molecule has 2 aromatic heterocycles. The highest BCUT2D eigenvalue weighted by molar-refractivity contribution is 9.10. The summed E-state index contributed by atoms with van der Waals surface area (Å²) >= 11 is 5.04. The molecule has 130 valence electrons. The number of benzene rings is 2. The first-order valence-electron chi connectivity index (χ1n) is 8.19. The topological polar surface area (TPSA) is 51.8 Å². The number of nitrogens with zero attached hydrogens (tertiary/aromatic N) is 3. The van der Waals surface area contributed by atoms with Crippen molar-refractivity contribution in [2.45, 2.75) is 20.3 Å². The lowest BCUT2D eigenvalue weighted by atomic mass is 10.0. The number of hydrogen-bond acceptors (Lipinski definition) is 5. The molecule has 4 nitrogen and oxygen atoms in total. The van der Waals surface area contributed by atoms with Crippen LogP contribution in [-0.2, 0) is 6.42 Å². The summed E-state index contributed by atoms with van der Waals surface area (Å²) < 4.78 is 6.42. The lowest BCUT2D eigenvalue weighted by Crippen LogP contribution is -1.90. The highest BCUT2D eigenvalue weighted by atomic mass is 79.9. The van der Waals surface area contributed by atoms with Crippen LogP contribution < -0.4 is 0 Å². The zero-order chi connectivity index (χ0) is 18.1. The SMILES string of the molecule is Cc1ccc(C)c(-c2csc(Cc3nc(-c4ccc(Br)cc4)no3)n2)c1. The molecule has 0 amide bonds. The van der Waals surface area contributed by atoms with E-state index in [0.717, 1.165) is 20.7 Å². The molecule has 0 aliphatic carbocycles. The standard InChI is InChI=1S/C20H16BrN3OS/c1-12-3-4-13(2)16(9-12)17-11-26-19(22-17)10-18-23-20(24-25-18)14-5-7-15(21)8-6-14/h3-9,11H,10H2,1-2H3. The molecule has 0 N–H and O–H groups in total. The van der Waals surface area contributed by atoms with Crippen LogP contribution in [0, 0.1) is 13.8 Å². The van der Waals surface area contributed by atoms with Crippen molar-refractivity contribution in [3.63, 3.8) is 0 Å². The number of rotatable bonds is 4. The van der Waals surface area contributed by atoms with Crippen molar-refractivity contribution in [1.82, 2.24) is 15.1 Å². The summed E-state index contributed by atoms with van der Waals surface area (Å²) in [7, 11) is 0. The Kier molecular flexibility index (Phi) is 4.70. The molecule has 0 spiro atoms. The van der Waals surface area contributed by atoms with E-state index in [1.54, 1.807) is 11.3 Å². The second-order valence-electron chi connectivity index (χ2n) is 6.14. The van der Waals surface area contributed by atoms with Crippen LogP contribution in [0.4, 0.5) is 0 Å². The van der Waals surface area contributed by atoms with E-state index in [0.29, 0.717) is 18.1 Å². The second kappa shape index (κ2) is 7.13. The molecule has 6 heteroatoms. The summed E-state index contributed by atoms with van der Waals surface area (Å²) in [5.41, 5.74) is 5.56. The number of halogens is 1. The Morgan fingerprint density at radius 3 is 2.65 bits per heavy atom. The fourth-order valence-corrected chi connectivity index (χ4v) is 3.75. The van der Waals surface area contributed by atoms with Crippen LogP contribution >= 0.6 is 27.3 Å². The Morgan fingerprint density at radius 1 is 1.04 bits per heavy atom. The van der Waals surface area contributed by atoms with Gasteiger partial charge in [-0.15, -0.1) is 11.3 Å². The van der Waals surface area contributed by atoms with Crippen molar-refractivity contribution >= 4 is 27.3 Å². The fraction of sp³-hybridized carbons (Fsp3) is 0.150. The molecule has 0 saturated heterocycles. The first-order chi connectivity index (χ1) is 12.6. The van der Waals surface area contributed by atoms with Gasteiger partial charge >= 0.3 is 0 Å². The molecule has 0 saturated carbocycles. The third kappa shape index (κ3) is 3.61. The van der Waals surface area contributed by atoms with Crippen molar-refractivity contribution in [1.29, 1.82) is 0 Å². The maximum Gasteiger partial charge on any atom is 0.233 e. The van der Waals surface area contributed by atoms with Crippen molar-refractivity contribution in [3.05, 3.63) is 74.3 Å². The van der Waals surface area contributed by atoms with E-state index in [1.165, 1.54) is 16.7 Å². The Hall–Kier alpha value is -2.31. The van der Waals surface area contributed by atoms with Crippen LogP contribution in [0.3, 0.4) is 0 Å². The molecule has 0 aliphatic rings. The van der Waals surface area contributed by atoms with Gasteiger partial charge in [-0.2, -0.15) is 4.98 Å². The van der Waals surface area contributed by atoms with Crippen LogP contribution in [0.15, 0.2) is 56.8 Å². The Bertz CT molecular complexity index is 1050. The molecule has 0 unspecified atom stereocenters. The molecule has 0 bridgehead atoms. The lowest BCUT2D eigenvalue weighted by molar-refractivity contribution is 0.385. The average molecular weight is 426 g/mol. The smallest absolute Gasteiger partial charge is 0.233 e. The molecule has 0 radical (unpaired) electrons. The molecule has 26 heavy (non-hydrogen) atoms. The number of hydrogen-bond donors (Lipinski definition) is 0. The number of aryl methyl sites for hydroxylation is 2. The molecule has 0 aliphatic heterocycles. The Balaban J connectivity index is 1.55. The molecule has 4 rings (SSSR count). The van der Waals surface area contributed by atoms with Gasteiger partial charge in [-0.05, 0) is 49.7 Å². The summed E-state index contributed by atoms with van der Waals surface area (Å²) in [6.45, 7) is 4.20. The lowest BCUT2D eigenvalue weighted by Gasteiger charge is -2.03. The molecule has 2 aromatic carbocycles. The van der Waals surface area contributed by atoms with Gasteiger partial charge in [0.05, 0.1) is 12.1 Å². The summed E-state index contributed by atoms with van der Waals surface area (Å²) in [5, 5.41) is 7.13. The molecular weight excluding hydrogens is 410 g/mol. The van der Waals surface area contributed by atoms with Gasteiger partial charge in [-0.25, -0.2) is 4.98 Å². The van der Waals surface area contributed by atoms with Crippen LogP contribution in [0.5, 0.6) is 0 Å². The number of aromatic nitrogens is 3. The average Bonchev–Trinajstić information content (AvgIpc) is 3.28. The monoisotopic (exact) mass is 425 g/mol. The van der Waals surface area contributed by atoms with Crippen LogP contribution in [0.1, 0.15) is 22.0 Å². The van der Waals surface area contributed by atoms with Gasteiger partial charge in [0.15, 0.2) is 0 Å². The third-order valence-electron chi connectivity index (χ3n) is 4.09. The second-order valence-corrected chi connectivity index (χ2v) is 8.00. The predicted octanol–water partition coefficient (Wildman–Crippen LogP) is 5.83. The highest BCUT2D eigenvalue weighted by Gasteiger charge is 2.13. The first-order valence-corrected chi connectivity index (χ1v) is 9.86. The van der Waals surface area contributed by atoms with E-state index in [4.69, 9.17) is 9.51 Å². The van der Waals surface area contributed by atoms with E-state index >= 15 is 0 Å². The molecule has 0 fully saturated rings. The van der Waals surface area contributed by atoms with Gasteiger partial charge in [0.25, 0.3) is 0 Å². The van der Waals surface area contributed by atoms with E-state index in [2.05, 4.69) is 63.5 Å². The van der Waals surface area contributed by atoms with Crippen molar-refractivity contribution < 1.29 is 4.52 Å². The molecule has 2 heterocycles. The minimum atomic E-state index is 0.541. The normalized spacial score (nSPS) is 11.0. The largest absolute Gasteiger partial charge is 0.339 e. The molecule has 0 atom stereocenters. The van der Waals surface area contributed by atoms with Crippen LogP contribution in [0.25, 0.3) is 22.6 Å². The molecule has 4 aromatic rings. The van der Waals surface area contributed by atoms with Gasteiger partial charge < -0.3 is 4.52 Å². The van der Waals surface area contributed by atoms with E-state index < -0.39 is 0 Å². The van der Waals surface area contributed by atoms with Gasteiger partial charge in [0.2, 0.25) is 11.7 Å². The third-order valence-corrected chi connectivity index (χ3v) is 5.47. The van der Waals surface area contributed by atoms with Crippen LogP contribution in [-0.4, -0.2) is 15.1 Å². The van der Waals surface area contributed by atoms with Gasteiger partial charge in [0.1, 0.15) is 5.01 Å². The molecular formula is C20H16BrN3OS. The maximum absolute atomic E-state index is 5.40. The quantitative estimate of drug-likeness (QED) is 0.412. The first kappa shape index (κ1) is 17.1. The summed E-state index contributed by atoms with van der Waals surface area (Å²) in [4.78, 5) is 9.25. The number of thiazole rings is 1.